The van der Waals surface area contributed by atoms with E-state index in [1.807, 2.05) is 0 Å². The third-order valence-corrected chi connectivity index (χ3v) is 3.64. The van der Waals surface area contributed by atoms with Gasteiger partial charge >= 0.3 is 0 Å². The van der Waals surface area contributed by atoms with E-state index in [9.17, 15) is 4.79 Å². The molecule has 0 aromatic heterocycles. The van der Waals surface area contributed by atoms with E-state index < -0.39 is 0 Å². The van der Waals surface area contributed by atoms with Crippen molar-refractivity contribution < 1.29 is 4.79 Å². The molecule has 0 aromatic carbocycles. The van der Waals surface area contributed by atoms with E-state index in [1.165, 1.54) is 32.1 Å². The molecule has 1 aliphatic rings. The summed E-state index contributed by atoms with van der Waals surface area (Å²) in [4.78, 5) is 11.5. The summed E-state index contributed by atoms with van der Waals surface area (Å²) in [7, 11) is 0. The van der Waals surface area contributed by atoms with Gasteiger partial charge in [-0.2, -0.15) is 0 Å². The molecule has 0 bridgehead atoms. The van der Waals surface area contributed by atoms with Crippen LogP contribution in [0.25, 0.3) is 0 Å². The molecule has 1 saturated carbocycles. The van der Waals surface area contributed by atoms with Crippen LogP contribution in [0.4, 0.5) is 0 Å². The normalized spacial score (nSPS) is 21.1. The molecule has 1 atom stereocenters. The SMILES string of the molecule is CC(=O)C(CC1CCCCC1)C(C)C. The lowest BCUT2D eigenvalue weighted by molar-refractivity contribution is -0.122. The molecule has 0 radical (unpaired) electrons. The summed E-state index contributed by atoms with van der Waals surface area (Å²) in [5.41, 5.74) is 0. The van der Waals surface area contributed by atoms with Crippen molar-refractivity contribution in [2.45, 2.75) is 59.3 Å². The summed E-state index contributed by atoms with van der Waals surface area (Å²) in [6, 6.07) is 0. The van der Waals surface area contributed by atoms with Crippen LogP contribution in [0, 0.1) is 17.8 Å². The van der Waals surface area contributed by atoms with E-state index in [1.54, 1.807) is 6.92 Å². The van der Waals surface area contributed by atoms with Crippen LogP contribution in [0.2, 0.25) is 0 Å². The Morgan fingerprint density at radius 3 is 2.21 bits per heavy atom. The molecule has 1 fully saturated rings. The third-order valence-electron chi connectivity index (χ3n) is 3.64. The van der Waals surface area contributed by atoms with Crippen molar-refractivity contribution in [3.8, 4) is 0 Å². The average molecular weight is 196 g/mol. The van der Waals surface area contributed by atoms with Gasteiger partial charge in [-0.25, -0.2) is 0 Å². The average Bonchev–Trinajstić information content (AvgIpc) is 2.15. The lowest BCUT2D eigenvalue weighted by atomic mass is 9.78. The number of carbonyl (C=O) groups is 1. The van der Waals surface area contributed by atoms with E-state index in [4.69, 9.17) is 0 Å². The largest absolute Gasteiger partial charge is 0.300 e. The Labute approximate surface area is 88.3 Å². The summed E-state index contributed by atoms with van der Waals surface area (Å²) >= 11 is 0. The third kappa shape index (κ3) is 3.43. The molecule has 14 heavy (non-hydrogen) atoms. The molecule has 1 unspecified atom stereocenters. The molecule has 0 heterocycles. The van der Waals surface area contributed by atoms with Gasteiger partial charge in [0.15, 0.2) is 0 Å². The first kappa shape index (κ1) is 11.7. The Balaban J connectivity index is 2.41. The van der Waals surface area contributed by atoms with Crippen molar-refractivity contribution in [3.63, 3.8) is 0 Å². The molecule has 1 heteroatoms. The summed E-state index contributed by atoms with van der Waals surface area (Å²) in [5.74, 6) is 2.07. The summed E-state index contributed by atoms with van der Waals surface area (Å²) in [6.07, 6.45) is 8.03. The van der Waals surface area contributed by atoms with Crippen LogP contribution < -0.4 is 0 Å². The van der Waals surface area contributed by atoms with Crippen molar-refractivity contribution in [1.82, 2.24) is 0 Å². The molecule has 1 rings (SSSR count). The second-order valence-electron chi connectivity index (χ2n) is 5.20. The van der Waals surface area contributed by atoms with Gasteiger partial charge < -0.3 is 0 Å². The van der Waals surface area contributed by atoms with Gasteiger partial charge in [-0.1, -0.05) is 46.0 Å². The summed E-state index contributed by atoms with van der Waals surface area (Å²) < 4.78 is 0. The van der Waals surface area contributed by atoms with Crippen LogP contribution in [0.5, 0.6) is 0 Å². The quantitative estimate of drug-likeness (QED) is 0.668. The van der Waals surface area contributed by atoms with E-state index in [0.29, 0.717) is 17.6 Å². The first-order valence-corrected chi connectivity index (χ1v) is 6.11. The second kappa shape index (κ2) is 5.53. The van der Waals surface area contributed by atoms with Gasteiger partial charge in [0.05, 0.1) is 0 Å². The molecule has 0 saturated heterocycles. The van der Waals surface area contributed by atoms with Gasteiger partial charge in [-0.3, -0.25) is 4.79 Å². The number of ketones is 1. The Bertz CT molecular complexity index is 178. The first-order chi connectivity index (χ1) is 6.61. The van der Waals surface area contributed by atoms with Gasteiger partial charge in [0.25, 0.3) is 0 Å². The molecule has 0 aliphatic heterocycles. The number of carbonyl (C=O) groups excluding carboxylic acids is 1. The molecule has 82 valence electrons. The highest BCUT2D eigenvalue weighted by Gasteiger charge is 2.23. The van der Waals surface area contributed by atoms with E-state index >= 15 is 0 Å². The topological polar surface area (TPSA) is 17.1 Å². The maximum absolute atomic E-state index is 11.5. The van der Waals surface area contributed by atoms with Crippen LogP contribution in [-0.4, -0.2) is 5.78 Å². The molecular formula is C13H24O. The molecular weight excluding hydrogens is 172 g/mol. The molecule has 1 aliphatic carbocycles. The van der Waals surface area contributed by atoms with E-state index in [-0.39, 0.29) is 0 Å². The van der Waals surface area contributed by atoms with Crippen molar-refractivity contribution in [1.29, 1.82) is 0 Å². The Hall–Kier alpha value is -0.330. The van der Waals surface area contributed by atoms with Crippen molar-refractivity contribution in [2.75, 3.05) is 0 Å². The zero-order valence-corrected chi connectivity index (χ0v) is 9.88. The highest BCUT2D eigenvalue weighted by molar-refractivity contribution is 5.78. The number of hydrogen-bond donors (Lipinski definition) is 0. The van der Waals surface area contributed by atoms with E-state index in [0.717, 1.165) is 12.3 Å². The Morgan fingerprint density at radius 2 is 1.79 bits per heavy atom. The minimum Gasteiger partial charge on any atom is -0.300 e. The zero-order valence-electron chi connectivity index (χ0n) is 9.88. The standard InChI is InChI=1S/C13H24O/c1-10(2)13(11(3)14)9-12-7-5-4-6-8-12/h10,12-13H,4-9H2,1-3H3. The fraction of sp³-hybridized carbons (Fsp3) is 0.923. The summed E-state index contributed by atoms with van der Waals surface area (Å²) in [5, 5.41) is 0. The van der Waals surface area contributed by atoms with Crippen LogP contribution in [0.3, 0.4) is 0 Å². The van der Waals surface area contributed by atoms with Gasteiger partial charge in [0, 0.05) is 5.92 Å². The predicted octanol–water partition coefficient (Wildman–Crippen LogP) is 3.82. The number of Topliss-reactive ketones (excluding diaryl/α,β-unsaturated/α-hetero) is 1. The fourth-order valence-corrected chi connectivity index (χ4v) is 2.69. The summed E-state index contributed by atoms with van der Waals surface area (Å²) in [6.45, 7) is 6.11. The van der Waals surface area contributed by atoms with Crippen LogP contribution >= 0.6 is 0 Å². The monoisotopic (exact) mass is 196 g/mol. The lowest BCUT2D eigenvalue weighted by Crippen LogP contribution is -2.22. The smallest absolute Gasteiger partial charge is 0.133 e. The molecule has 0 N–H and O–H groups in total. The van der Waals surface area contributed by atoms with Crippen molar-refractivity contribution in [3.05, 3.63) is 0 Å². The lowest BCUT2D eigenvalue weighted by Gasteiger charge is -2.27. The van der Waals surface area contributed by atoms with Crippen LogP contribution in [0.15, 0.2) is 0 Å². The molecule has 0 aromatic rings. The highest BCUT2D eigenvalue weighted by Crippen LogP contribution is 2.31. The van der Waals surface area contributed by atoms with Gasteiger partial charge in [-0.15, -0.1) is 0 Å². The molecule has 0 amide bonds. The fourth-order valence-electron chi connectivity index (χ4n) is 2.69. The molecule has 0 spiro atoms. The van der Waals surface area contributed by atoms with E-state index in [2.05, 4.69) is 13.8 Å². The zero-order chi connectivity index (χ0) is 10.6. The Morgan fingerprint density at radius 1 is 1.21 bits per heavy atom. The number of rotatable bonds is 4. The van der Waals surface area contributed by atoms with Gasteiger partial charge in [-0.05, 0) is 25.2 Å². The van der Waals surface area contributed by atoms with Crippen LogP contribution in [-0.2, 0) is 4.79 Å². The second-order valence-corrected chi connectivity index (χ2v) is 5.20. The van der Waals surface area contributed by atoms with Crippen molar-refractivity contribution >= 4 is 5.78 Å². The first-order valence-electron chi connectivity index (χ1n) is 6.11. The van der Waals surface area contributed by atoms with Gasteiger partial charge in [0.2, 0.25) is 0 Å². The molecule has 1 nitrogen and oxygen atoms in total. The highest BCUT2D eigenvalue weighted by atomic mass is 16.1. The minimum absolute atomic E-state index is 0.318. The van der Waals surface area contributed by atoms with Crippen molar-refractivity contribution in [2.24, 2.45) is 17.8 Å². The van der Waals surface area contributed by atoms with Gasteiger partial charge in [0.1, 0.15) is 5.78 Å². The number of hydrogen-bond acceptors (Lipinski definition) is 1. The minimum atomic E-state index is 0.318. The Kier molecular flexibility index (Phi) is 4.64. The maximum atomic E-state index is 11.5. The van der Waals surface area contributed by atoms with Crippen LogP contribution in [0.1, 0.15) is 59.3 Å². The maximum Gasteiger partial charge on any atom is 0.133 e. The predicted molar refractivity (Wildman–Crippen MR) is 60.2 cm³/mol.